The number of nitrogens with one attached hydrogen (secondary N) is 1. The molecule has 4 rings (SSSR count). The number of ether oxygens (including phenoxy) is 1. The Morgan fingerprint density at radius 1 is 1.25 bits per heavy atom. The molecule has 0 unspecified atom stereocenters. The molecule has 0 amide bonds. The third-order valence-electron chi connectivity index (χ3n) is 4.29. The van der Waals surface area contributed by atoms with Crippen molar-refractivity contribution in [2.45, 2.75) is 45.1 Å². The van der Waals surface area contributed by atoms with Crippen molar-refractivity contribution in [3.8, 4) is 0 Å². The van der Waals surface area contributed by atoms with Crippen LogP contribution in [0.2, 0.25) is 0 Å². The van der Waals surface area contributed by atoms with Gasteiger partial charge in [0.15, 0.2) is 17.0 Å². The van der Waals surface area contributed by atoms with E-state index in [-0.39, 0.29) is 36.2 Å². The highest BCUT2D eigenvalue weighted by molar-refractivity contribution is 5.82. The quantitative estimate of drug-likeness (QED) is 0.702. The Morgan fingerprint density at radius 2 is 2.11 bits per heavy atom. The number of aromatic nitrogens is 7. The Kier molecular flexibility index (Phi) is 4.79. The first kappa shape index (κ1) is 18.5. The predicted octanol–water partition coefficient (Wildman–Crippen LogP) is 2.13. The molecule has 0 aromatic carbocycles. The van der Waals surface area contributed by atoms with Gasteiger partial charge in [0.25, 0.3) is 0 Å². The molecule has 1 N–H and O–H groups in total. The maximum absolute atomic E-state index is 13.3. The molecule has 9 nitrogen and oxygen atoms in total. The van der Waals surface area contributed by atoms with Gasteiger partial charge < -0.3 is 10.1 Å². The van der Waals surface area contributed by atoms with E-state index in [0.717, 1.165) is 18.5 Å². The number of halogens is 3. The summed E-state index contributed by atoms with van der Waals surface area (Å²) in [6.45, 7) is 2.84. The topological polar surface area (TPSA) is 104 Å². The van der Waals surface area contributed by atoms with Gasteiger partial charge in [-0.15, -0.1) is 5.10 Å². The van der Waals surface area contributed by atoms with Crippen molar-refractivity contribution in [2.75, 3.05) is 11.9 Å². The fourth-order valence-corrected chi connectivity index (χ4v) is 2.90. The number of hydrogen-bond donors (Lipinski definition) is 1. The third kappa shape index (κ3) is 3.86. The van der Waals surface area contributed by atoms with Crippen molar-refractivity contribution in [3.05, 3.63) is 29.6 Å². The lowest BCUT2D eigenvalue weighted by Crippen LogP contribution is -2.18. The summed E-state index contributed by atoms with van der Waals surface area (Å²) >= 11 is 0. The second kappa shape index (κ2) is 7.26. The van der Waals surface area contributed by atoms with Crippen LogP contribution in [0.25, 0.3) is 11.2 Å². The van der Waals surface area contributed by atoms with Gasteiger partial charge in [-0.3, -0.25) is 9.97 Å². The molecule has 1 atom stereocenters. The zero-order valence-corrected chi connectivity index (χ0v) is 14.9. The van der Waals surface area contributed by atoms with Crippen molar-refractivity contribution < 1.29 is 17.9 Å². The molecule has 1 aliphatic heterocycles. The maximum atomic E-state index is 13.3. The van der Waals surface area contributed by atoms with Crippen LogP contribution in [-0.4, -0.2) is 47.6 Å². The van der Waals surface area contributed by atoms with Gasteiger partial charge in [-0.1, -0.05) is 5.21 Å². The fraction of sp³-hybridized carbons (Fsp3) is 0.500. The Morgan fingerprint density at radius 3 is 2.79 bits per heavy atom. The molecule has 0 aliphatic carbocycles. The average Bonchev–Trinajstić information content (AvgIpc) is 3.31. The van der Waals surface area contributed by atoms with E-state index in [1.807, 2.05) is 0 Å². The fourth-order valence-electron chi connectivity index (χ4n) is 2.90. The second-order valence-electron chi connectivity index (χ2n) is 6.48. The van der Waals surface area contributed by atoms with E-state index in [1.165, 1.54) is 4.68 Å². The van der Waals surface area contributed by atoms with Crippen LogP contribution in [0.3, 0.4) is 0 Å². The van der Waals surface area contributed by atoms with E-state index in [2.05, 4.69) is 35.6 Å². The molecule has 0 spiro atoms. The summed E-state index contributed by atoms with van der Waals surface area (Å²) in [5.41, 5.74) is 1.46. The molecule has 4 heterocycles. The molecule has 12 heteroatoms. The molecule has 1 saturated heterocycles. The number of alkyl halides is 3. The monoisotopic (exact) mass is 394 g/mol. The van der Waals surface area contributed by atoms with Gasteiger partial charge in [0.1, 0.15) is 0 Å². The molecule has 0 saturated carbocycles. The Balaban J connectivity index is 1.67. The summed E-state index contributed by atoms with van der Waals surface area (Å²) in [6, 6.07) is 0. The second-order valence-corrected chi connectivity index (χ2v) is 6.48. The van der Waals surface area contributed by atoms with Crippen LogP contribution in [0, 0.1) is 6.92 Å². The molecular weight excluding hydrogens is 377 g/mol. The molecule has 3 aromatic rings. The van der Waals surface area contributed by atoms with Crippen molar-refractivity contribution in [1.82, 2.24) is 34.9 Å². The van der Waals surface area contributed by atoms with E-state index in [4.69, 9.17) is 4.74 Å². The van der Waals surface area contributed by atoms with Gasteiger partial charge in [0.05, 0.1) is 36.8 Å². The summed E-state index contributed by atoms with van der Waals surface area (Å²) < 4.78 is 46.8. The molecule has 0 bridgehead atoms. The lowest BCUT2D eigenvalue weighted by atomic mass is 10.2. The van der Waals surface area contributed by atoms with Gasteiger partial charge in [0.2, 0.25) is 5.82 Å². The van der Waals surface area contributed by atoms with E-state index < -0.39 is 12.0 Å². The van der Waals surface area contributed by atoms with Crippen LogP contribution in [0.4, 0.5) is 19.0 Å². The number of nitrogens with zero attached hydrogens (tertiary/aromatic N) is 7. The van der Waals surface area contributed by atoms with Crippen molar-refractivity contribution in [1.29, 1.82) is 0 Å². The summed E-state index contributed by atoms with van der Waals surface area (Å²) in [7, 11) is 0. The van der Waals surface area contributed by atoms with Gasteiger partial charge >= 0.3 is 6.18 Å². The maximum Gasteiger partial charge on any atom is 0.451 e. The number of aryl methyl sites for hydroxylation is 1. The first-order valence-corrected chi connectivity index (χ1v) is 8.71. The van der Waals surface area contributed by atoms with E-state index in [9.17, 15) is 13.2 Å². The lowest BCUT2D eigenvalue weighted by Gasteiger charge is -2.11. The molecule has 28 heavy (non-hydrogen) atoms. The normalized spacial score (nSPS) is 17.4. The summed E-state index contributed by atoms with van der Waals surface area (Å²) in [6.07, 6.45) is 0.0205. The van der Waals surface area contributed by atoms with Crippen LogP contribution >= 0.6 is 0 Å². The van der Waals surface area contributed by atoms with Crippen LogP contribution < -0.4 is 5.32 Å². The van der Waals surface area contributed by atoms with Crippen LogP contribution in [0.15, 0.2) is 12.4 Å². The largest absolute Gasteiger partial charge is 0.451 e. The number of anilines is 1. The SMILES string of the molecule is Cc1cnc(CNc2nc(C(F)(F)F)nc3c2nnn3C[C@H]2CCCO2)cn1. The van der Waals surface area contributed by atoms with Gasteiger partial charge in [-0.25, -0.2) is 14.6 Å². The van der Waals surface area contributed by atoms with Gasteiger partial charge in [-0.2, -0.15) is 13.2 Å². The summed E-state index contributed by atoms with van der Waals surface area (Å²) in [4.78, 5) is 15.5. The summed E-state index contributed by atoms with van der Waals surface area (Å²) in [5, 5.41) is 10.8. The standard InChI is InChI=1S/C16H17F3N8O/c1-9-5-21-10(6-20-9)7-22-13-12-14(24-15(23-13)16(17,18)19)27(26-25-12)8-11-3-2-4-28-11/h5-6,11H,2-4,7-8H2,1H3,(H,22,23,24)/t11-/m1/s1. The molecular formula is C16H17F3N8O. The Bertz CT molecular complexity index is 966. The number of fused-ring (bicyclic) bond motifs is 1. The van der Waals surface area contributed by atoms with Crippen LogP contribution in [-0.2, 0) is 24.0 Å². The van der Waals surface area contributed by atoms with Crippen molar-refractivity contribution >= 4 is 17.0 Å². The van der Waals surface area contributed by atoms with Crippen molar-refractivity contribution in [3.63, 3.8) is 0 Å². The minimum absolute atomic E-state index is 0.00955. The smallest absolute Gasteiger partial charge is 0.376 e. The highest BCUT2D eigenvalue weighted by atomic mass is 19.4. The Labute approximate surface area is 157 Å². The Hall–Kier alpha value is -2.89. The highest BCUT2D eigenvalue weighted by Crippen LogP contribution is 2.30. The molecule has 0 radical (unpaired) electrons. The van der Waals surface area contributed by atoms with Crippen LogP contribution in [0.1, 0.15) is 30.1 Å². The first-order chi connectivity index (χ1) is 13.4. The van der Waals surface area contributed by atoms with Crippen molar-refractivity contribution in [2.24, 2.45) is 0 Å². The summed E-state index contributed by atoms with van der Waals surface area (Å²) in [5.74, 6) is -1.31. The molecule has 1 aliphatic rings. The van der Waals surface area contributed by atoms with Gasteiger partial charge in [0, 0.05) is 12.8 Å². The van der Waals surface area contributed by atoms with Crippen LogP contribution in [0.5, 0.6) is 0 Å². The highest BCUT2D eigenvalue weighted by Gasteiger charge is 2.36. The lowest BCUT2D eigenvalue weighted by molar-refractivity contribution is -0.144. The van der Waals surface area contributed by atoms with Gasteiger partial charge in [-0.05, 0) is 19.8 Å². The molecule has 1 fully saturated rings. The molecule has 3 aromatic heterocycles. The third-order valence-corrected chi connectivity index (χ3v) is 4.29. The minimum Gasteiger partial charge on any atom is -0.376 e. The number of rotatable bonds is 5. The first-order valence-electron chi connectivity index (χ1n) is 8.71. The van der Waals surface area contributed by atoms with E-state index >= 15 is 0 Å². The zero-order valence-electron chi connectivity index (χ0n) is 14.9. The average molecular weight is 394 g/mol. The molecule has 148 valence electrons. The predicted molar refractivity (Wildman–Crippen MR) is 91.2 cm³/mol. The van der Waals surface area contributed by atoms with E-state index in [1.54, 1.807) is 19.3 Å². The minimum atomic E-state index is -4.70. The zero-order chi connectivity index (χ0) is 19.7. The van der Waals surface area contributed by atoms with E-state index in [0.29, 0.717) is 12.3 Å². The number of hydrogen-bond acceptors (Lipinski definition) is 8.